The van der Waals surface area contributed by atoms with E-state index >= 15 is 0 Å². The summed E-state index contributed by atoms with van der Waals surface area (Å²) in [6.45, 7) is 2.07. The van der Waals surface area contributed by atoms with E-state index in [0.717, 1.165) is 19.4 Å². The van der Waals surface area contributed by atoms with E-state index in [9.17, 15) is 13.2 Å². The van der Waals surface area contributed by atoms with Gasteiger partial charge in [0.05, 0.1) is 24.1 Å². The van der Waals surface area contributed by atoms with Crippen LogP contribution >= 0.6 is 0 Å². The number of hydrogen-bond donors (Lipinski definition) is 0. The third kappa shape index (κ3) is 3.50. The topological polar surface area (TPSA) is 57.7 Å². The highest BCUT2D eigenvalue weighted by Crippen LogP contribution is 2.31. The van der Waals surface area contributed by atoms with Gasteiger partial charge in [-0.2, -0.15) is 0 Å². The number of nitrogens with zero attached hydrogens (tertiary/aromatic N) is 2. The minimum Gasteiger partial charge on any atom is -0.335 e. The van der Waals surface area contributed by atoms with Crippen molar-refractivity contribution in [1.82, 2.24) is 9.80 Å². The molecule has 2 aliphatic heterocycles. The minimum atomic E-state index is -2.89. The summed E-state index contributed by atoms with van der Waals surface area (Å²) >= 11 is 0. The van der Waals surface area contributed by atoms with Gasteiger partial charge in [-0.25, -0.2) is 8.42 Å². The van der Waals surface area contributed by atoms with Crippen LogP contribution in [0.3, 0.4) is 0 Å². The number of hydrogen-bond acceptors (Lipinski definition) is 4. The van der Waals surface area contributed by atoms with Gasteiger partial charge in [0.1, 0.15) is 0 Å². The van der Waals surface area contributed by atoms with Crippen molar-refractivity contribution in [3.8, 4) is 0 Å². The molecule has 0 bridgehead atoms. The van der Waals surface area contributed by atoms with Crippen LogP contribution in [0.4, 0.5) is 0 Å². The van der Waals surface area contributed by atoms with Crippen LogP contribution in [0.1, 0.15) is 24.4 Å². The Hall–Kier alpha value is -1.40. The van der Waals surface area contributed by atoms with Gasteiger partial charge >= 0.3 is 0 Å². The van der Waals surface area contributed by atoms with Crippen LogP contribution in [0.15, 0.2) is 30.3 Å². The van der Waals surface area contributed by atoms with Crippen molar-refractivity contribution in [3.63, 3.8) is 0 Å². The molecule has 0 unspecified atom stereocenters. The van der Waals surface area contributed by atoms with E-state index in [-0.39, 0.29) is 23.5 Å². The molecule has 2 heterocycles. The molecule has 3 rings (SSSR count). The SMILES string of the molecule is O=C(CN1CCS(=O)(=O)CC1)N1CCC[C@@H]1c1ccccc1. The van der Waals surface area contributed by atoms with Gasteiger partial charge in [0.2, 0.25) is 5.91 Å². The summed E-state index contributed by atoms with van der Waals surface area (Å²) in [6, 6.07) is 10.3. The first-order valence-electron chi connectivity index (χ1n) is 7.82. The molecule has 1 atom stereocenters. The normalized spacial score (nSPS) is 25.3. The van der Waals surface area contributed by atoms with E-state index in [1.165, 1.54) is 5.56 Å². The molecular weight excluding hydrogens is 300 g/mol. The average Bonchev–Trinajstić information content (AvgIpc) is 3.00. The lowest BCUT2D eigenvalue weighted by molar-refractivity contribution is -0.133. The third-order valence-electron chi connectivity index (χ3n) is 4.55. The highest BCUT2D eigenvalue weighted by Gasteiger charge is 2.31. The predicted molar refractivity (Wildman–Crippen MR) is 85.2 cm³/mol. The van der Waals surface area contributed by atoms with Crippen LogP contribution in [-0.2, 0) is 14.6 Å². The number of amides is 1. The first kappa shape index (κ1) is 15.5. The average molecular weight is 322 g/mol. The van der Waals surface area contributed by atoms with E-state index in [1.807, 2.05) is 28.0 Å². The molecule has 2 aliphatic rings. The standard InChI is InChI=1S/C16H22N2O3S/c19-16(13-17-9-11-22(20,21)12-10-17)18-8-4-7-15(18)14-5-2-1-3-6-14/h1-3,5-6,15H,4,7-13H2/t15-/m1/s1. The van der Waals surface area contributed by atoms with Gasteiger partial charge in [-0.3, -0.25) is 9.69 Å². The van der Waals surface area contributed by atoms with Gasteiger partial charge in [-0.05, 0) is 18.4 Å². The summed E-state index contributed by atoms with van der Waals surface area (Å²) in [5.74, 6) is 0.454. The highest BCUT2D eigenvalue weighted by atomic mass is 32.2. The summed E-state index contributed by atoms with van der Waals surface area (Å²) in [5.41, 5.74) is 1.19. The lowest BCUT2D eigenvalue weighted by atomic mass is 10.0. The fraction of sp³-hybridized carbons (Fsp3) is 0.562. The monoisotopic (exact) mass is 322 g/mol. The number of sulfone groups is 1. The largest absolute Gasteiger partial charge is 0.335 e. The van der Waals surface area contributed by atoms with Crippen molar-refractivity contribution in [2.24, 2.45) is 0 Å². The second kappa shape index (κ2) is 6.38. The quantitative estimate of drug-likeness (QED) is 0.836. The molecule has 6 heteroatoms. The summed E-state index contributed by atoms with van der Waals surface area (Å²) in [7, 11) is -2.89. The highest BCUT2D eigenvalue weighted by molar-refractivity contribution is 7.91. The number of rotatable bonds is 3. The molecule has 0 radical (unpaired) electrons. The van der Waals surface area contributed by atoms with Gasteiger partial charge in [-0.1, -0.05) is 30.3 Å². The lowest BCUT2D eigenvalue weighted by Gasteiger charge is -2.30. The molecule has 0 N–H and O–H groups in total. The maximum Gasteiger partial charge on any atom is 0.237 e. The number of carbonyl (C=O) groups is 1. The first-order chi connectivity index (χ1) is 10.6. The predicted octanol–water partition coefficient (Wildman–Crippen LogP) is 1.08. The maximum absolute atomic E-state index is 12.6. The fourth-order valence-electron chi connectivity index (χ4n) is 3.28. The summed E-state index contributed by atoms with van der Waals surface area (Å²) in [5, 5.41) is 0. The van der Waals surface area contributed by atoms with Crippen LogP contribution < -0.4 is 0 Å². The van der Waals surface area contributed by atoms with Gasteiger partial charge in [-0.15, -0.1) is 0 Å². The molecule has 0 saturated carbocycles. The molecule has 5 nitrogen and oxygen atoms in total. The third-order valence-corrected chi connectivity index (χ3v) is 6.16. The fourth-order valence-corrected chi connectivity index (χ4v) is 4.55. The molecule has 1 amide bonds. The van der Waals surface area contributed by atoms with Crippen LogP contribution in [0, 0.1) is 0 Å². The van der Waals surface area contributed by atoms with Crippen molar-refractivity contribution in [1.29, 1.82) is 0 Å². The molecule has 22 heavy (non-hydrogen) atoms. The smallest absolute Gasteiger partial charge is 0.237 e. The molecule has 0 spiro atoms. The molecule has 2 saturated heterocycles. The maximum atomic E-state index is 12.6. The van der Waals surface area contributed by atoms with E-state index in [0.29, 0.717) is 19.6 Å². The zero-order valence-corrected chi connectivity index (χ0v) is 13.5. The zero-order valence-electron chi connectivity index (χ0n) is 12.6. The van der Waals surface area contributed by atoms with Crippen molar-refractivity contribution in [2.75, 3.05) is 37.7 Å². The number of carbonyl (C=O) groups excluding carboxylic acids is 1. The summed E-state index contributed by atoms with van der Waals surface area (Å²) < 4.78 is 22.9. The number of likely N-dealkylation sites (tertiary alicyclic amines) is 1. The van der Waals surface area contributed by atoms with Gasteiger partial charge < -0.3 is 4.90 Å². The molecule has 120 valence electrons. The van der Waals surface area contributed by atoms with Crippen molar-refractivity contribution < 1.29 is 13.2 Å². The second-order valence-electron chi connectivity index (χ2n) is 6.08. The Morgan fingerprint density at radius 3 is 2.45 bits per heavy atom. The van der Waals surface area contributed by atoms with E-state index in [2.05, 4.69) is 12.1 Å². The Kier molecular flexibility index (Phi) is 4.49. The van der Waals surface area contributed by atoms with E-state index in [4.69, 9.17) is 0 Å². The molecule has 0 aliphatic carbocycles. The summed E-state index contributed by atoms with van der Waals surface area (Å²) in [6.07, 6.45) is 2.03. The Bertz CT molecular complexity index is 616. The van der Waals surface area contributed by atoms with Crippen LogP contribution in [0.5, 0.6) is 0 Å². The van der Waals surface area contributed by atoms with Crippen LogP contribution in [0.2, 0.25) is 0 Å². The van der Waals surface area contributed by atoms with Crippen molar-refractivity contribution >= 4 is 15.7 Å². The number of benzene rings is 1. The summed E-state index contributed by atoms with van der Waals surface area (Å²) in [4.78, 5) is 16.5. The molecule has 1 aromatic carbocycles. The van der Waals surface area contributed by atoms with Gasteiger partial charge in [0.15, 0.2) is 9.84 Å². The van der Waals surface area contributed by atoms with Crippen LogP contribution in [-0.4, -0.2) is 61.8 Å². The lowest BCUT2D eigenvalue weighted by Crippen LogP contribution is -2.46. The zero-order chi connectivity index (χ0) is 15.6. The second-order valence-corrected chi connectivity index (χ2v) is 8.39. The minimum absolute atomic E-state index is 0.116. The van der Waals surface area contributed by atoms with Crippen LogP contribution in [0.25, 0.3) is 0 Å². The molecule has 0 aromatic heterocycles. The van der Waals surface area contributed by atoms with Gasteiger partial charge in [0.25, 0.3) is 0 Å². The van der Waals surface area contributed by atoms with E-state index in [1.54, 1.807) is 0 Å². The molecular formula is C16H22N2O3S. The Morgan fingerprint density at radius 1 is 1.09 bits per heavy atom. The molecule has 2 fully saturated rings. The van der Waals surface area contributed by atoms with E-state index < -0.39 is 9.84 Å². The Balaban J connectivity index is 1.62. The van der Waals surface area contributed by atoms with Gasteiger partial charge in [0, 0.05) is 19.6 Å². The Morgan fingerprint density at radius 2 is 1.77 bits per heavy atom. The van der Waals surface area contributed by atoms with Crippen molar-refractivity contribution in [3.05, 3.63) is 35.9 Å². The first-order valence-corrected chi connectivity index (χ1v) is 9.64. The Labute approximate surface area is 131 Å². The molecule has 1 aromatic rings. The van der Waals surface area contributed by atoms with Crippen molar-refractivity contribution in [2.45, 2.75) is 18.9 Å².